The van der Waals surface area contributed by atoms with Gasteiger partial charge in [0.15, 0.2) is 0 Å². The zero-order valence-electron chi connectivity index (χ0n) is 11.0. The maximum Gasteiger partial charge on any atom is 0.252 e. The van der Waals surface area contributed by atoms with Crippen LogP contribution in [0.4, 0.5) is 0 Å². The summed E-state index contributed by atoms with van der Waals surface area (Å²) in [6.45, 7) is 3.64. The third-order valence-corrected chi connectivity index (χ3v) is 3.64. The second-order valence-electron chi connectivity index (χ2n) is 4.61. The van der Waals surface area contributed by atoms with Crippen LogP contribution >= 0.6 is 23.2 Å². The minimum atomic E-state index is -0.495. The first-order valence-electron chi connectivity index (χ1n) is 6.01. The fourth-order valence-electron chi connectivity index (χ4n) is 2.03. The molecule has 2 aromatic carbocycles. The van der Waals surface area contributed by atoms with E-state index in [2.05, 4.69) is 0 Å². The number of carbonyl (C=O) groups excluding carboxylic acids is 2. The highest BCUT2D eigenvalue weighted by molar-refractivity contribution is 6.68. The van der Waals surface area contributed by atoms with Gasteiger partial charge in [0.2, 0.25) is 0 Å². The van der Waals surface area contributed by atoms with E-state index in [1.54, 1.807) is 12.1 Å². The molecule has 0 saturated heterocycles. The van der Waals surface area contributed by atoms with Crippen LogP contribution in [0.25, 0.3) is 11.1 Å². The topological polar surface area (TPSA) is 34.1 Å². The van der Waals surface area contributed by atoms with Crippen molar-refractivity contribution >= 4 is 33.7 Å². The monoisotopic (exact) mass is 306 g/mol. The van der Waals surface area contributed by atoms with Gasteiger partial charge in [-0.05, 0) is 71.4 Å². The maximum absolute atomic E-state index is 11.4. The molecule has 0 unspecified atom stereocenters. The Kier molecular flexibility index (Phi) is 4.26. The Labute approximate surface area is 127 Å². The highest BCUT2D eigenvalue weighted by atomic mass is 35.5. The summed E-state index contributed by atoms with van der Waals surface area (Å²) in [5, 5.41) is -0.991. The Morgan fingerprint density at radius 3 is 1.40 bits per heavy atom. The lowest BCUT2D eigenvalue weighted by atomic mass is 9.97. The molecule has 2 aromatic rings. The van der Waals surface area contributed by atoms with Crippen LogP contribution in [0.2, 0.25) is 0 Å². The number of halogens is 2. The molecule has 0 aliphatic heterocycles. The second kappa shape index (κ2) is 5.78. The van der Waals surface area contributed by atoms with E-state index >= 15 is 0 Å². The maximum atomic E-state index is 11.4. The lowest BCUT2D eigenvalue weighted by molar-refractivity contribution is 0.107. The molecule has 0 bridgehead atoms. The van der Waals surface area contributed by atoms with Crippen LogP contribution in [0.3, 0.4) is 0 Å². The lowest BCUT2D eigenvalue weighted by Crippen LogP contribution is -1.96. The molecule has 0 spiro atoms. The Bertz CT molecular complexity index is 644. The number of aryl methyl sites for hydroxylation is 2. The predicted octanol–water partition coefficient (Wildman–Crippen LogP) is 4.73. The van der Waals surface area contributed by atoms with Crippen molar-refractivity contribution in [3.63, 3.8) is 0 Å². The molecule has 4 heteroatoms. The third kappa shape index (κ3) is 2.92. The highest BCUT2D eigenvalue weighted by Gasteiger charge is 2.11. The Hall–Kier alpha value is -1.64. The molecule has 102 valence electrons. The average Bonchev–Trinajstić information content (AvgIpc) is 2.39. The van der Waals surface area contributed by atoms with E-state index in [1.807, 2.05) is 38.1 Å². The summed E-state index contributed by atoms with van der Waals surface area (Å²) >= 11 is 11.1. The van der Waals surface area contributed by atoms with Crippen molar-refractivity contribution in [3.05, 3.63) is 58.7 Å². The van der Waals surface area contributed by atoms with Gasteiger partial charge in [-0.25, -0.2) is 0 Å². The molecule has 0 amide bonds. The molecule has 0 atom stereocenters. The van der Waals surface area contributed by atoms with Crippen molar-refractivity contribution in [2.45, 2.75) is 13.8 Å². The predicted molar refractivity (Wildman–Crippen MR) is 81.7 cm³/mol. The van der Waals surface area contributed by atoms with Crippen molar-refractivity contribution in [1.29, 1.82) is 0 Å². The largest absolute Gasteiger partial charge is 0.276 e. The summed E-state index contributed by atoms with van der Waals surface area (Å²) in [5.41, 5.74) is 4.19. The van der Waals surface area contributed by atoms with Crippen molar-refractivity contribution in [2.24, 2.45) is 0 Å². The van der Waals surface area contributed by atoms with Crippen LogP contribution in [0.5, 0.6) is 0 Å². The Morgan fingerprint density at radius 1 is 0.750 bits per heavy atom. The number of benzene rings is 2. The fraction of sp³-hybridized carbons (Fsp3) is 0.125. The number of hydrogen-bond acceptors (Lipinski definition) is 2. The van der Waals surface area contributed by atoms with Crippen LogP contribution in [-0.4, -0.2) is 10.5 Å². The highest BCUT2D eigenvalue weighted by Crippen LogP contribution is 2.26. The fourth-order valence-corrected chi connectivity index (χ4v) is 2.43. The summed E-state index contributed by atoms with van der Waals surface area (Å²) in [4.78, 5) is 22.7. The van der Waals surface area contributed by atoms with Crippen molar-refractivity contribution in [3.8, 4) is 11.1 Å². The minimum absolute atomic E-state index is 0.462. The summed E-state index contributed by atoms with van der Waals surface area (Å²) in [7, 11) is 0. The molecule has 2 rings (SSSR count). The Balaban J connectivity index is 2.57. The Morgan fingerprint density at radius 2 is 1.10 bits per heavy atom. The van der Waals surface area contributed by atoms with E-state index in [-0.39, 0.29) is 0 Å². The lowest BCUT2D eigenvalue weighted by Gasteiger charge is -2.08. The zero-order chi connectivity index (χ0) is 14.9. The normalized spacial score (nSPS) is 10.4. The van der Waals surface area contributed by atoms with Gasteiger partial charge in [-0.2, -0.15) is 0 Å². The zero-order valence-corrected chi connectivity index (χ0v) is 12.5. The van der Waals surface area contributed by atoms with E-state index in [9.17, 15) is 9.59 Å². The molecule has 0 saturated carbocycles. The SMILES string of the molecule is Cc1ccc(-c2ccc(C)c(C(=O)Cl)c2)cc1C(=O)Cl. The first-order chi connectivity index (χ1) is 9.40. The standard InChI is InChI=1S/C16H12Cl2O2/c1-9-3-5-11(7-13(9)15(17)19)12-6-4-10(2)14(8-12)16(18)20/h3-8H,1-2H3. The van der Waals surface area contributed by atoms with Crippen molar-refractivity contribution in [1.82, 2.24) is 0 Å². The van der Waals surface area contributed by atoms with Gasteiger partial charge < -0.3 is 0 Å². The molecule has 0 radical (unpaired) electrons. The second-order valence-corrected chi connectivity index (χ2v) is 5.29. The van der Waals surface area contributed by atoms with Gasteiger partial charge >= 0.3 is 0 Å². The van der Waals surface area contributed by atoms with Gasteiger partial charge in [-0.3, -0.25) is 9.59 Å². The minimum Gasteiger partial charge on any atom is -0.276 e. The smallest absolute Gasteiger partial charge is 0.252 e. The van der Waals surface area contributed by atoms with E-state index in [0.717, 1.165) is 22.3 Å². The van der Waals surface area contributed by atoms with E-state index in [1.165, 1.54) is 0 Å². The number of carbonyl (C=O) groups is 2. The van der Waals surface area contributed by atoms with Crippen LogP contribution in [-0.2, 0) is 0 Å². The van der Waals surface area contributed by atoms with Crippen molar-refractivity contribution in [2.75, 3.05) is 0 Å². The van der Waals surface area contributed by atoms with Gasteiger partial charge in [-0.1, -0.05) is 24.3 Å². The molecular formula is C16H12Cl2O2. The van der Waals surface area contributed by atoms with Gasteiger partial charge in [-0.15, -0.1) is 0 Å². The summed E-state index contributed by atoms with van der Waals surface area (Å²) in [5.74, 6) is 0. The molecular weight excluding hydrogens is 295 g/mol. The van der Waals surface area contributed by atoms with Gasteiger partial charge in [0.05, 0.1) is 0 Å². The summed E-state index contributed by atoms with van der Waals surface area (Å²) < 4.78 is 0. The molecule has 0 aliphatic rings. The van der Waals surface area contributed by atoms with Crippen LogP contribution in [0.1, 0.15) is 31.8 Å². The molecule has 2 nitrogen and oxygen atoms in total. The van der Waals surface area contributed by atoms with Crippen LogP contribution in [0, 0.1) is 13.8 Å². The summed E-state index contributed by atoms with van der Waals surface area (Å²) in [6, 6.07) is 10.9. The van der Waals surface area contributed by atoms with Crippen LogP contribution < -0.4 is 0 Å². The van der Waals surface area contributed by atoms with E-state index in [4.69, 9.17) is 23.2 Å². The van der Waals surface area contributed by atoms with Crippen molar-refractivity contribution < 1.29 is 9.59 Å². The molecule has 0 aliphatic carbocycles. The van der Waals surface area contributed by atoms with E-state index < -0.39 is 10.5 Å². The molecule has 0 heterocycles. The van der Waals surface area contributed by atoms with E-state index in [0.29, 0.717) is 11.1 Å². The van der Waals surface area contributed by atoms with Crippen LogP contribution in [0.15, 0.2) is 36.4 Å². The van der Waals surface area contributed by atoms with Gasteiger partial charge in [0.25, 0.3) is 10.5 Å². The molecule has 0 aromatic heterocycles. The quantitative estimate of drug-likeness (QED) is 0.768. The number of hydrogen-bond donors (Lipinski definition) is 0. The molecule has 0 fully saturated rings. The first kappa shape index (κ1) is 14.8. The first-order valence-corrected chi connectivity index (χ1v) is 6.77. The summed E-state index contributed by atoms with van der Waals surface area (Å²) in [6.07, 6.45) is 0. The number of rotatable bonds is 3. The van der Waals surface area contributed by atoms with Gasteiger partial charge in [0.1, 0.15) is 0 Å². The van der Waals surface area contributed by atoms with Gasteiger partial charge in [0, 0.05) is 11.1 Å². The molecule has 20 heavy (non-hydrogen) atoms. The third-order valence-electron chi connectivity index (χ3n) is 3.23. The molecule has 0 N–H and O–H groups in total. The average molecular weight is 307 g/mol.